The van der Waals surface area contributed by atoms with Crippen LogP contribution in [0.1, 0.15) is 0 Å². The zero-order valence-electron chi connectivity index (χ0n) is 9.82. The van der Waals surface area contributed by atoms with Crippen molar-refractivity contribution in [1.29, 1.82) is 5.26 Å². The van der Waals surface area contributed by atoms with Crippen LogP contribution in [-0.4, -0.2) is 11.1 Å². The van der Waals surface area contributed by atoms with Gasteiger partial charge in [-0.15, -0.1) is 0 Å². The van der Waals surface area contributed by atoms with Crippen LogP contribution in [0.4, 0.5) is 5.69 Å². The van der Waals surface area contributed by atoms with Gasteiger partial charge in [0, 0.05) is 11.2 Å². The van der Waals surface area contributed by atoms with E-state index in [1.807, 2.05) is 0 Å². The van der Waals surface area contributed by atoms with Gasteiger partial charge in [0.1, 0.15) is 0 Å². The molecule has 3 N–H and O–H groups in total. The quantitative estimate of drug-likeness (QED) is 0.201. The predicted molar refractivity (Wildman–Crippen MR) is 68.7 cm³/mol. The van der Waals surface area contributed by atoms with E-state index < -0.39 is 0 Å². The first-order chi connectivity index (χ1) is 9.20. The van der Waals surface area contributed by atoms with Crippen LogP contribution in [0.3, 0.4) is 0 Å². The third kappa shape index (κ3) is 2.95. The highest BCUT2D eigenvalue weighted by Crippen LogP contribution is 2.19. The summed E-state index contributed by atoms with van der Waals surface area (Å²) in [6.07, 6.45) is 3.09. The monoisotopic (exact) mass is 254 g/mol. The maximum atomic E-state index is 11.5. The lowest BCUT2D eigenvalue weighted by molar-refractivity contribution is -0.658. The molecule has 7 nitrogen and oxygen atoms in total. The first-order valence-electron chi connectivity index (χ1n) is 5.35. The number of hydrogen-bond acceptors (Lipinski definition) is 4. The molecule has 19 heavy (non-hydrogen) atoms. The topological polar surface area (TPSA) is 114 Å². The number of aliphatic imine (C=N–C) groups is 1. The molecule has 0 saturated heterocycles. The largest absolute Gasteiger partial charge is 0.594 e. The average molecular weight is 254 g/mol. The summed E-state index contributed by atoms with van der Waals surface area (Å²) in [5, 5.41) is 25.7. The number of hydrogen-bond donors (Lipinski definition) is 2. The Balaban J connectivity index is 2.27. The van der Waals surface area contributed by atoms with Crippen molar-refractivity contribution in [3.8, 4) is 17.5 Å². The number of nitrogens with zero attached hydrogens (tertiary/aromatic N) is 4. The zero-order valence-corrected chi connectivity index (χ0v) is 9.82. The number of aromatic nitrogens is 2. The normalized spacial score (nSPS) is 10.8. The molecule has 2 rings (SSSR count). The first-order valence-corrected chi connectivity index (χ1v) is 5.35. The van der Waals surface area contributed by atoms with E-state index in [-0.39, 0.29) is 5.96 Å². The minimum Gasteiger partial charge on any atom is -0.594 e. The van der Waals surface area contributed by atoms with E-state index in [1.165, 1.54) is 6.20 Å². The third-order valence-electron chi connectivity index (χ3n) is 2.31. The molecule has 0 fully saturated rings. The molecule has 1 heterocycles. The third-order valence-corrected chi connectivity index (χ3v) is 2.31. The Morgan fingerprint density at radius 1 is 1.37 bits per heavy atom. The number of nitrogens with one attached hydrogen (secondary N) is 1. The summed E-state index contributed by atoms with van der Waals surface area (Å²) < 4.78 is 0. The highest BCUT2D eigenvalue weighted by molar-refractivity contribution is 5.82. The summed E-state index contributed by atoms with van der Waals surface area (Å²) in [4.78, 5) is 4.51. The number of benzene rings is 1. The van der Waals surface area contributed by atoms with Crippen molar-refractivity contribution in [3.63, 3.8) is 0 Å². The van der Waals surface area contributed by atoms with Crippen molar-refractivity contribution in [2.24, 2.45) is 10.7 Å². The van der Waals surface area contributed by atoms with Crippen LogP contribution in [0.2, 0.25) is 0 Å². The molecule has 1 aromatic carbocycles. The van der Waals surface area contributed by atoms with E-state index in [0.29, 0.717) is 21.8 Å². The molecule has 0 aliphatic heterocycles. The second-order valence-corrected chi connectivity index (χ2v) is 3.56. The molecule has 0 spiro atoms. The average Bonchev–Trinajstić information content (AvgIpc) is 2.41. The van der Waals surface area contributed by atoms with Gasteiger partial charge in [0.05, 0.1) is 17.4 Å². The van der Waals surface area contributed by atoms with Crippen LogP contribution < -0.4 is 15.9 Å². The van der Waals surface area contributed by atoms with Crippen molar-refractivity contribution in [1.82, 2.24) is 10.4 Å². The molecule has 2 aromatic rings. The van der Waals surface area contributed by atoms with Crippen molar-refractivity contribution < 1.29 is 4.85 Å². The van der Waals surface area contributed by atoms with E-state index in [9.17, 15) is 5.21 Å². The highest BCUT2D eigenvalue weighted by atomic mass is 16.5. The molecule has 1 aromatic heterocycles. The van der Waals surface area contributed by atoms with E-state index in [4.69, 9.17) is 11.0 Å². The number of nitriles is 1. The van der Waals surface area contributed by atoms with Gasteiger partial charge in [-0.3, -0.25) is 5.32 Å². The van der Waals surface area contributed by atoms with Gasteiger partial charge in [0.15, 0.2) is 6.19 Å². The fraction of sp³-hybridized carbons (Fsp3) is 0. The number of guanidine groups is 1. The molecule has 0 saturated carbocycles. The molecule has 7 heteroatoms. The second-order valence-electron chi connectivity index (χ2n) is 3.56. The fourth-order valence-electron chi connectivity index (χ4n) is 1.50. The van der Waals surface area contributed by atoms with Crippen LogP contribution in [0.15, 0.2) is 47.6 Å². The Morgan fingerprint density at radius 3 is 2.74 bits per heavy atom. The lowest BCUT2D eigenvalue weighted by Crippen LogP contribution is -2.33. The second kappa shape index (κ2) is 5.46. The summed E-state index contributed by atoms with van der Waals surface area (Å²) in [6, 6.07) is 10.2. The van der Waals surface area contributed by atoms with Gasteiger partial charge in [-0.25, -0.2) is 4.99 Å². The van der Waals surface area contributed by atoms with Gasteiger partial charge in [0.2, 0.25) is 5.96 Å². The molecule has 0 atom stereocenters. The van der Waals surface area contributed by atoms with Gasteiger partial charge in [0.25, 0.3) is 5.69 Å². The Hall–Kier alpha value is -3.14. The van der Waals surface area contributed by atoms with Crippen molar-refractivity contribution in [2.45, 2.75) is 0 Å². The van der Waals surface area contributed by atoms with Crippen molar-refractivity contribution in [3.05, 3.63) is 47.8 Å². The van der Waals surface area contributed by atoms with Crippen LogP contribution in [0.25, 0.3) is 11.3 Å². The van der Waals surface area contributed by atoms with E-state index in [1.54, 1.807) is 42.6 Å². The summed E-state index contributed by atoms with van der Waals surface area (Å²) in [6.45, 7) is 0. The van der Waals surface area contributed by atoms with Crippen LogP contribution in [0.5, 0.6) is 0 Å². The van der Waals surface area contributed by atoms with Gasteiger partial charge in [-0.2, -0.15) is 5.26 Å². The number of rotatable bonds is 2. The maximum Gasteiger partial charge on any atom is 0.252 e. The Kier molecular flexibility index (Phi) is 3.54. The van der Waals surface area contributed by atoms with Crippen molar-refractivity contribution >= 4 is 11.6 Å². The summed E-state index contributed by atoms with van der Waals surface area (Å²) in [5.74, 6) is 0.00974. The van der Waals surface area contributed by atoms with Gasteiger partial charge in [-0.1, -0.05) is 4.85 Å². The Bertz CT molecular complexity index is 644. The SMILES string of the molecule is N#CNC(N)=Nc1ccc(-c2cccn[n+]2[O-])cc1. The van der Waals surface area contributed by atoms with E-state index >= 15 is 0 Å². The summed E-state index contributed by atoms with van der Waals surface area (Å²) in [5.41, 5.74) is 7.18. The smallest absolute Gasteiger partial charge is 0.252 e. The Morgan fingerprint density at radius 2 is 2.11 bits per heavy atom. The van der Waals surface area contributed by atoms with Crippen LogP contribution >= 0.6 is 0 Å². The minimum atomic E-state index is 0.00974. The van der Waals surface area contributed by atoms with Gasteiger partial charge < -0.3 is 10.9 Å². The molecular formula is C12H10N6O. The van der Waals surface area contributed by atoms with Crippen molar-refractivity contribution in [2.75, 3.05) is 0 Å². The molecule has 0 unspecified atom stereocenters. The molecule has 0 radical (unpaired) electrons. The lowest BCUT2D eigenvalue weighted by Gasteiger charge is -2.02. The summed E-state index contributed by atoms with van der Waals surface area (Å²) in [7, 11) is 0. The molecule has 0 amide bonds. The molecule has 0 aliphatic carbocycles. The fourth-order valence-corrected chi connectivity index (χ4v) is 1.50. The van der Waals surface area contributed by atoms with E-state index in [0.717, 1.165) is 0 Å². The standard InChI is InChI=1S/C12H10N6O/c13-8-15-12(14)17-10-5-3-9(4-6-10)11-2-1-7-16-18(11)19/h1-7H,(H3,14,15,17). The molecule has 0 bridgehead atoms. The van der Waals surface area contributed by atoms with Crippen LogP contribution in [-0.2, 0) is 0 Å². The maximum absolute atomic E-state index is 11.5. The summed E-state index contributed by atoms with van der Waals surface area (Å²) >= 11 is 0. The van der Waals surface area contributed by atoms with E-state index in [2.05, 4.69) is 15.4 Å². The predicted octanol–water partition coefficient (Wildman–Crippen LogP) is 0.399. The zero-order chi connectivity index (χ0) is 13.7. The lowest BCUT2D eigenvalue weighted by atomic mass is 10.1. The first kappa shape index (κ1) is 12.3. The van der Waals surface area contributed by atoms with Crippen LogP contribution in [0, 0.1) is 16.7 Å². The highest BCUT2D eigenvalue weighted by Gasteiger charge is 2.08. The minimum absolute atomic E-state index is 0.00974. The molecule has 94 valence electrons. The van der Waals surface area contributed by atoms with Gasteiger partial charge >= 0.3 is 0 Å². The van der Waals surface area contributed by atoms with Gasteiger partial charge in [-0.05, 0) is 30.3 Å². The number of nitrogens with two attached hydrogens (primary N) is 1. The molecular weight excluding hydrogens is 244 g/mol. The molecule has 0 aliphatic rings. The Labute approximate surface area is 109 Å².